The lowest BCUT2D eigenvalue weighted by atomic mass is 10.0. The molecule has 4 rings (SSSR count). The third kappa shape index (κ3) is 6.50. The van der Waals surface area contributed by atoms with E-state index in [-0.39, 0.29) is 29.1 Å². The molecule has 3 aromatic rings. The molecule has 2 aromatic heterocycles. The molecule has 0 aliphatic carbocycles. The van der Waals surface area contributed by atoms with Gasteiger partial charge >= 0.3 is 12.4 Å². The van der Waals surface area contributed by atoms with Gasteiger partial charge in [-0.2, -0.15) is 26.3 Å². The highest BCUT2D eigenvalue weighted by Crippen LogP contribution is 2.36. The molecule has 0 spiro atoms. The number of pyridine rings is 1. The first kappa shape index (κ1) is 28.0. The number of hydrogen-bond acceptors (Lipinski definition) is 6. The van der Waals surface area contributed by atoms with Gasteiger partial charge < -0.3 is 15.0 Å². The summed E-state index contributed by atoms with van der Waals surface area (Å²) in [5.74, 6) is -1.40. The van der Waals surface area contributed by atoms with Crippen molar-refractivity contribution in [3.63, 3.8) is 0 Å². The summed E-state index contributed by atoms with van der Waals surface area (Å²) < 4.78 is 84.4. The molecule has 2 amide bonds. The van der Waals surface area contributed by atoms with Crippen molar-refractivity contribution >= 4 is 11.8 Å². The van der Waals surface area contributed by atoms with Crippen LogP contribution in [-0.2, 0) is 17.1 Å². The molecule has 206 valence electrons. The third-order valence-electron chi connectivity index (χ3n) is 5.89. The molecule has 39 heavy (non-hydrogen) atoms. The maximum absolute atomic E-state index is 13.2. The van der Waals surface area contributed by atoms with Gasteiger partial charge in [0.05, 0.1) is 47.3 Å². The molecule has 1 atom stereocenters. The Kier molecular flexibility index (Phi) is 7.86. The van der Waals surface area contributed by atoms with Crippen molar-refractivity contribution in [2.24, 2.45) is 0 Å². The number of morpholine rings is 1. The van der Waals surface area contributed by atoms with Crippen LogP contribution in [0.15, 0.2) is 48.9 Å². The summed E-state index contributed by atoms with van der Waals surface area (Å²) in [6.45, 7) is 3.20. The van der Waals surface area contributed by atoms with Gasteiger partial charge in [0.2, 0.25) is 0 Å². The van der Waals surface area contributed by atoms with Gasteiger partial charge in [-0.15, -0.1) is 0 Å². The van der Waals surface area contributed by atoms with Gasteiger partial charge in [-0.3, -0.25) is 24.5 Å². The van der Waals surface area contributed by atoms with Crippen LogP contribution in [0.1, 0.15) is 50.5 Å². The molecule has 14 heteroatoms. The number of benzene rings is 1. The zero-order valence-electron chi connectivity index (χ0n) is 20.3. The minimum absolute atomic E-state index is 0.0554. The highest BCUT2D eigenvalue weighted by atomic mass is 19.4. The van der Waals surface area contributed by atoms with Crippen LogP contribution in [0.4, 0.5) is 26.3 Å². The molecule has 3 heterocycles. The van der Waals surface area contributed by atoms with E-state index in [9.17, 15) is 35.9 Å². The Morgan fingerprint density at radius 3 is 2.08 bits per heavy atom. The van der Waals surface area contributed by atoms with Crippen molar-refractivity contribution in [2.45, 2.75) is 25.3 Å². The van der Waals surface area contributed by atoms with Gasteiger partial charge in [0.1, 0.15) is 5.69 Å². The molecule has 1 unspecified atom stereocenters. The monoisotopic (exact) mass is 553 g/mol. The first-order valence-electron chi connectivity index (χ1n) is 11.6. The van der Waals surface area contributed by atoms with E-state index in [0.717, 1.165) is 0 Å². The molecule has 0 bridgehead atoms. The quantitative estimate of drug-likeness (QED) is 0.466. The maximum atomic E-state index is 13.2. The molecule has 1 N–H and O–H groups in total. The third-order valence-corrected chi connectivity index (χ3v) is 5.89. The normalized spacial score (nSPS) is 15.1. The lowest BCUT2D eigenvalue weighted by Gasteiger charge is -2.26. The average molecular weight is 553 g/mol. The number of aromatic nitrogens is 3. The largest absolute Gasteiger partial charge is 0.416 e. The Balaban J connectivity index is 1.57. The fraction of sp³-hybridized carbons (Fsp3) is 0.320. The zero-order valence-corrected chi connectivity index (χ0v) is 20.3. The van der Waals surface area contributed by atoms with E-state index in [1.807, 2.05) is 0 Å². The van der Waals surface area contributed by atoms with E-state index in [0.29, 0.717) is 44.0 Å². The lowest BCUT2D eigenvalue weighted by Crippen LogP contribution is -2.40. The summed E-state index contributed by atoms with van der Waals surface area (Å²) in [6, 6.07) is 2.73. The Hall–Kier alpha value is -4.07. The van der Waals surface area contributed by atoms with E-state index >= 15 is 0 Å². The van der Waals surface area contributed by atoms with Crippen LogP contribution in [0.25, 0.3) is 11.4 Å². The number of amides is 2. The number of carbonyl (C=O) groups excluding carboxylic acids is 2. The van der Waals surface area contributed by atoms with Gasteiger partial charge in [-0.25, -0.2) is 0 Å². The predicted octanol–water partition coefficient (Wildman–Crippen LogP) is 4.54. The number of hydrogen-bond donors (Lipinski definition) is 1. The second-order valence-corrected chi connectivity index (χ2v) is 8.62. The molecule has 1 saturated heterocycles. The van der Waals surface area contributed by atoms with Crippen molar-refractivity contribution in [2.75, 3.05) is 26.3 Å². The highest BCUT2D eigenvalue weighted by Gasteiger charge is 2.37. The van der Waals surface area contributed by atoms with Crippen molar-refractivity contribution in [1.82, 2.24) is 25.2 Å². The maximum Gasteiger partial charge on any atom is 0.416 e. The number of nitrogens with zero attached hydrogens (tertiary/aromatic N) is 4. The van der Waals surface area contributed by atoms with Crippen LogP contribution in [-0.4, -0.2) is 58.0 Å². The van der Waals surface area contributed by atoms with E-state index in [1.165, 1.54) is 31.6 Å². The zero-order chi connectivity index (χ0) is 28.4. The van der Waals surface area contributed by atoms with Gasteiger partial charge in [0, 0.05) is 37.2 Å². The van der Waals surface area contributed by atoms with Crippen LogP contribution >= 0.6 is 0 Å². The predicted molar refractivity (Wildman–Crippen MR) is 124 cm³/mol. The van der Waals surface area contributed by atoms with Gasteiger partial charge in [0.25, 0.3) is 11.8 Å². The van der Waals surface area contributed by atoms with Crippen molar-refractivity contribution in [3.8, 4) is 11.4 Å². The number of rotatable bonds is 5. The Bertz CT molecular complexity index is 1320. The number of halogens is 6. The SMILES string of the molecule is CC(NC(=O)c1cc(C(F)(F)F)cc(C(F)(F)F)c1)c1nccnc1-c1ccc(C(=O)N2CCOCC2)cn1. The first-order valence-corrected chi connectivity index (χ1v) is 11.6. The summed E-state index contributed by atoms with van der Waals surface area (Å²) in [7, 11) is 0. The van der Waals surface area contributed by atoms with E-state index in [2.05, 4.69) is 20.3 Å². The molecule has 0 saturated carbocycles. The van der Waals surface area contributed by atoms with Crippen molar-refractivity contribution < 1.29 is 40.7 Å². The van der Waals surface area contributed by atoms with Crippen LogP contribution in [0.2, 0.25) is 0 Å². The van der Waals surface area contributed by atoms with Gasteiger partial charge in [-0.05, 0) is 37.3 Å². The second-order valence-electron chi connectivity index (χ2n) is 8.62. The number of alkyl halides is 6. The van der Waals surface area contributed by atoms with Crippen LogP contribution < -0.4 is 5.32 Å². The van der Waals surface area contributed by atoms with Gasteiger partial charge in [0.15, 0.2) is 0 Å². The summed E-state index contributed by atoms with van der Waals surface area (Å²) in [4.78, 5) is 39.7. The molecular weight excluding hydrogens is 532 g/mol. The molecule has 8 nitrogen and oxygen atoms in total. The summed E-state index contributed by atoms with van der Waals surface area (Å²) in [6.07, 6.45) is -6.17. The topological polar surface area (TPSA) is 97.3 Å². The minimum atomic E-state index is -5.10. The number of carbonyl (C=O) groups is 2. The summed E-state index contributed by atoms with van der Waals surface area (Å²) in [5.41, 5.74) is -3.05. The fourth-order valence-corrected chi connectivity index (χ4v) is 3.91. The summed E-state index contributed by atoms with van der Waals surface area (Å²) >= 11 is 0. The van der Waals surface area contributed by atoms with Crippen molar-refractivity contribution in [1.29, 1.82) is 0 Å². The van der Waals surface area contributed by atoms with Crippen LogP contribution in [0.5, 0.6) is 0 Å². The smallest absolute Gasteiger partial charge is 0.378 e. The molecule has 0 radical (unpaired) electrons. The van der Waals surface area contributed by atoms with Crippen LogP contribution in [0.3, 0.4) is 0 Å². The minimum Gasteiger partial charge on any atom is -0.378 e. The Morgan fingerprint density at radius 1 is 0.897 bits per heavy atom. The van der Waals surface area contributed by atoms with Crippen LogP contribution in [0, 0.1) is 0 Å². The number of nitrogens with one attached hydrogen (secondary N) is 1. The first-order chi connectivity index (χ1) is 18.3. The molecule has 1 aliphatic heterocycles. The highest BCUT2D eigenvalue weighted by molar-refractivity contribution is 5.95. The average Bonchev–Trinajstić information content (AvgIpc) is 2.92. The summed E-state index contributed by atoms with van der Waals surface area (Å²) in [5, 5.41) is 2.38. The molecular formula is C25H21F6N5O3. The fourth-order valence-electron chi connectivity index (χ4n) is 3.91. The Morgan fingerprint density at radius 2 is 1.51 bits per heavy atom. The van der Waals surface area contributed by atoms with Gasteiger partial charge in [-0.1, -0.05) is 0 Å². The molecule has 1 aliphatic rings. The lowest BCUT2D eigenvalue weighted by molar-refractivity contribution is -0.143. The second kappa shape index (κ2) is 11.0. The molecule has 1 fully saturated rings. The van der Waals surface area contributed by atoms with Crippen molar-refractivity contribution in [3.05, 3.63) is 76.9 Å². The van der Waals surface area contributed by atoms with E-state index in [1.54, 1.807) is 11.0 Å². The van der Waals surface area contributed by atoms with E-state index in [4.69, 9.17) is 4.74 Å². The van der Waals surface area contributed by atoms with E-state index < -0.39 is 41.0 Å². The number of ether oxygens (including phenoxy) is 1. The standard InChI is InChI=1S/C25H21F6N5O3/c1-14(35-22(37)16-10-17(24(26,27)28)12-18(11-16)25(29,30)31)20-21(33-5-4-32-20)19-3-2-15(13-34-19)23(38)36-6-8-39-9-7-36/h2-5,10-14H,6-9H2,1H3,(H,35,37). The Labute approximate surface area is 218 Å². The molecule has 1 aromatic carbocycles.